The number of rotatable bonds is 5. The molecule has 0 spiro atoms. The second-order valence-electron chi connectivity index (χ2n) is 6.53. The molecule has 0 aliphatic heterocycles. The zero-order chi connectivity index (χ0) is 17.5. The lowest BCUT2D eigenvalue weighted by Gasteiger charge is -2.34. The normalized spacial score (nSPS) is 14.9. The van der Waals surface area contributed by atoms with Crippen LogP contribution < -0.4 is 5.32 Å². The predicted molar refractivity (Wildman–Crippen MR) is 97.0 cm³/mol. The summed E-state index contributed by atoms with van der Waals surface area (Å²) in [6.45, 7) is 0.828. The highest BCUT2D eigenvalue weighted by molar-refractivity contribution is 5.74. The second-order valence-corrected chi connectivity index (χ2v) is 6.53. The molecule has 1 aromatic heterocycles. The van der Waals surface area contributed by atoms with Gasteiger partial charge in [0.15, 0.2) is 0 Å². The van der Waals surface area contributed by atoms with Gasteiger partial charge in [-0.15, -0.1) is 0 Å². The van der Waals surface area contributed by atoms with Crippen molar-refractivity contribution in [2.24, 2.45) is 0 Å². The molecule has 5 nitrogen and oxygen atoms in total. The Labute approximate surface area is 148 Å². The Morgan fingerprint density at radius 2 is 1.88 bits per heavy atom. The molecule has 0 atom stereocenters. The minimum absolute atomic E-state index is 0.0965. The highest BCUT2D eigenvalue weighted by Crippen LogP contribution is 2.26. The zero-order valence-corrected chi connectivity index (χ0v) is 14.4. The number of carbonyl (C=O) groups is 1. The van der Waals surface area contributed by atoms with E-state index in [2.05, 4.69) is 10.3 Å². The Morgan fingerprint density at radius 3 is 2.60 bits per heavy atom. The van der Waals surface area contributed by atoms with Gasteiger partial charge in [-0.2, -0.15) is 0 Å². The lowest BCUT2D eigenvalue weighted by Crippen LogP contribution is -2.46. The van der Waals surface area contributed by atoms with Crippen molar-refractivity contribution in [2.75, 3.05) is 0 Å². The van der Waals surface area contributed by atoms with Crippen LogP contribution in [-0.4, -0.2) is 27.1 Å². The maximum atomic E-state index is 12.8. The molecule has 0 saturated heterocycles. The first-order valence-corrected chi connectivity index (χ1v) is 8.95. The molecule has 0 unspecified atom stereocenters. The third-order valence-electron chi connectivity index (χ3n) is 4.76. The van der Waals surface area contributed by atoms with E-state index in [4.69, 9.17) is 0 Å². The third-order valence-corrected chi connectivity index (χ3v) is 4.76. The molecule has 0 radical (unpaired) electrons. The van der Waals surface area contributed by atoms with Crippen molar-refractivity contribution in [3.63, 3.8) is 0 Å². The molecular formula is C20H25N3O2. The third kappa shape index (κ3) is 4.72. The minimum Gasteiger partial charge on any atom is -0.508 e. The van der Waals surface area contributed by atoms with E-state index >= 15 is 0 Å². The number of phenols is 1. The summed E-state index contributed by atoms with van der Waals surface area (Å²) in [5.74, 6) is 0.237. The molecule has 2 aromatic rings. The largest absolute Gasteiger partial charge is 0.508 e. The summed E-state index contributed by atoms with van der Waals surface area (Å²) in [7, 11) is 0. The van der Waals surface area contributed by atoms with Crippen molar-refractivity contribution in [1.29, 1.82) is 0 Å². The van der Waals surface area contributed by atoms with Crippen LogP contribution in [0.4, 0.5) is 4.79 Å². The number of nitrogens with one attached hydrogen (secondary N) is 1. The van der Waals surface area contributed by atoms with Crippen molar-refractivity contribution >= 4 is 6.03 Å². The Balaban J connectivity index is 1.70. The molecule has 0 bridgehead atoms. The van der Waals surface area contributed by atoms with Crippen LogP contribution in [0.5, 0.6) is 5.75 Å². The maximum Gasteiger partial charge on any atom is 0.318 e. The van der Waals surface area contributed by atoms with Crippen molar-refractivity contribution < 1.29 is 9.90 Å². The topological polar surface area (TPSA) is 65.5 Å². The van der Waals surface area contributed by atoms with Gasteiger partial charge in [-0.1, -0.05) is 43.5 Å². The van der Waals surface area contributed by atoms with Crippen LogP contribution in [0.3, 0.4) is 0 Å². The van der Waals surface area contributed by atoms with Gasteiger partial charge in [0, 0.05) is 17.8 Å². The van der Waals surface area contributed by atoms with Gasteiger partial charge in [0.25, 0.3) is 0 Å². The fourth-order valence-corrected chi connectivity index (χ4v) is 3.36. The lowest BCUT2D eigenvalue weighted by atomic mass is 9.94. The molecule has 1 heterocycles. The zero-order valence-electron chi connectivity index (χ0n) is 14.4. The van der Waals surface area contributed by atoms with E-state index in [1.807, 2.05) is 35.2 Å². The number of aromatic hydroxyl groups is 1. The highest BCUT2D eigenvalue weighted by Gasteiger charge is 2.26. The number of aromatic nitrogens is 1. The summed E-state index contributed by atoms with van der Waals surface area (Å²) < 4.78 is 0. The number of pyridine rings is 1. The summed E-state index contributed by atoms with van der Waals surface area (Å²) in [5, 5.41) is 13.1. The van der Waals surface area contributed by atoms with Gasteiger partial charge in [0.05, 0.1) is 18.8 Å². The van der Waals surface area contributed by atoms with Gasteiger partial charge in [-0.25, -0.2) is 4.79 Å². The standard InChI is InChI=1S/C20H25N3O2/c24-19-12-5-4-8-16(19)15-23(18-10-2-1-3-11-18)20(25)22-14-17-9-6-7-13-21-17/h4-9,12-13,18,24H,1-3,10-11,14-15H2,(H,22,25). The summed E-state index contributed by atoms with van der Waals surface area (Å²) >= 11 is 0. The fraction of sp³-hybridized carbons (Fsp3) is 0.400. The second kappa shape index (κ2) is 8.51. The summed E-state index contributed by atoms with van der Waals surface area (Å²) in [6, 6.07) is 13.0. The Hall–Kier alpha value is -2.56. The first-order valence-electron chi connectivity index (χ1n) is 8.95. The molecule has 1 saturated carbocycles. The SMILES string of the molecule is O=C(NCc1ccccn1)N(Cc1ccccc1O)C1CCCCC1. The predicted octanol–water partition coefficient (Wildman–Crippen LogP) is 3.83. The Bertz CT molecular complexity index is 684. The molecule has 1 aromatic carbocycles. The van der Waals surface area contributed by atoms with E-state index < -0.39 is 0 Å². The molecule has 3 rings (SSSR count). The minimum atomic E-state index is -0.0965. The van der Waals surface area contributed by atoms with Gasteiger partial charge in [0.2, 0.25) is 0 Å². The molecule has 1 fully saturated rings. The number of nitrogens with zero attached hydrogens (tertiary/aromatic N) is 2. The van der Waals surface area contributed by atoms with E-state index in [9.17, 15) is 9.90 Å². The van der Waals surface area contributed by atoms with Crippen molar-refractivity contribution in [3.8, 4) is 5.75 Å². The van der Waals surface area contributed by atoms with Gasteiger partial charge in [-0.05, 0) is 31.0 Å². The lowest BCUT2D eigenvalue weighted by molar-refractivity contribution is 0.150. The molecule has 2 amide bonds. The summed E-state index contributed by atoms with van der Waals surface area (Å²) in [5.41, 5.74) is 1.61. The van der Waals surface area contributed by atoms with E-state index in [1.54, 1.807) is 18.3 Å². The number of carbonyl (C=O) groups excluding carboxylic acids is 1. The van der Waals surface area contributed by atoms with E-state index in [0.29, 0.717) is 13.1 Å². The van der Waals surface area contributed by atoms with Crippen LogP contribution in [0.2, 0.25) is 0 Å². The molecule has 25 heavy (non-hydrogen) atoms. The molecule has 1 aliphatic rings. The molecule has 132 valence electrons. The van der Waals surface area contributed by atoms with Crippen molar-refractivity contribution in [2.45, 2.75) is 51.2 Å². The molecule has 5 heteroatoms. The Kier molecular flexibility index (Phi) is 5.88. The number of phenolic OH excluding ortho intramolecular Hbond substituents is 1. The number of hydrogen-bond donors (Lipinski definition) is 2. The highest BCUT2D eigenvalue weighted by atomic mass is 16.3. The van der Waals surface area contributed by atoms with Crippen LogP contribution in [0, 0.1) is 0 Å². The van der Waals surface area contributed by atoms with E-state index in [-0.39, 0.29) is 17.8 Å². The number of urea groups is 1. The van der Waals surface area contributed by atoms with Gasteiger partial charge >= 0.3 is 6.03 Å². The molecule has 1 aliphatic carbocycles. The van der Waals surface area contributed by atoms with Gasteiger partial charge in [0.1, 0.15) is 5.75 Å². The first kappa shape index (κ1) is 17.3. The average Bonchev–Trinajstić information content (AvgIpc) is 2.67. The van der Waals surface area contributed by atoms with Crippen LogP contribution in [0.1, 0.15) is 43.4 Å². The number of benzene rings is 1. The maximum absolute atomic E-state index is 12.8. The van der Waals surface area contributed by atoms with Crippen LogP contribution in [0.25, 0.3) is 0 Å². The van der Waals surface area contributed by atoms with Crippen LogP contribution in [0.15, 0.2) is 48.7 Å². The summed E-state index contributed by atoms with van der Waals surface area (Å²) in [6.07, 6.45) is 7.29. The Morgan fingerprint density at radius 1 is 1.12 bits per heavy atom. The number of para-hydroxylation sites is 1. The number of hydrogen-bond acceptors (Lipinski definition) is 3. The number of amides is 2. The van der Waals surface area contributed by atoms with Crippen LogP contribution in [-0.2, 0) is 13.1 Å². The average molecular weight is 339 g/mol. The summed E-state index contributed by atoms with van der Waals surface area (Å²) in [4.78, 5) is 19.0. The van der Waals surface area contributed by atoms with Crippen LogP contribution >= 0.6 is 0 Å². The molecule has 2 N–H and O–H groups in total. The van der Waals surface area contributed by atoms with E-state index in [0.717, 1.165) is 36.9 Å². The van der Waals surface area contributed by atoms with Crippen molar-refractivity contribution in [1.82, 2.24) is 15.2 Å². The quantitative estimate of drug-likeness (QED) is 0.870. The van der Waals surface area contributed by atoms with E-state index in [1.165, 1.54) is 6.42 Å². The monoisotopic (exact) mass is 339 g/mol. The van der Waals surface area contributed by atoms with Gasteiger partial charge in [-0.3, -0.25) is 4.98 Å². The van der Waals surface area contributed by atoms with Crippen molar-refractivity contribution in [3.05, 3.63) is 59.9 Å². The smallest absolute Gasteiger partial charge is 0.318 e. The fourth-order valence-electron chi connectivity index (χ4n) is 3.36. The van der Waals surface area contributed by atoms with Gasteiger partial charge < -0.3 is 15.3 Å². The first-order chi connectivity index (χ1) is 12.2. The molecular weight excluding hydrogens is 314 g/mol.